The zero-order chi connectivity index (χ0) is 36.4. The van der Waals surface area contributed by atoms with E-state index in [2.05, 4.69) is 10.2 Å². The number of hydrogen-bond acceptors (Lipinski definition) is 10. The van der Waals surface area contributed by atoms with Gasteiger partial charge in [0.1, 0.15) is 0 Å². The maximum absolute atomic E-state index is 14.3. The zero-order valence-corrected chi connectivity index (χ0v) is 30.4. The number of non-ortho nitro benzene ring substituents is 1. The number of carbonyl (C=O) groups excluding carboxylic acids is 3. The Kier molecular flexibility index (Phi) is 10.4. The van der Waals surface area contributed by atoms with Gasteiger partial charge in [-0.15, -0.1) is 0 Å². The third-order valence-electron chi connectivity index (χ3n) is 9.07. The monoisotopic (exact) mass is 792 g/mol. The van der Waals surface area contributed by atoms with E-state index in [1.807, 2.05) is 30.3 Å². The minimum atomic E-state index is -1.06. The molecular weight excluding hydrogens is 759 g/mol. The van der Waals surface area contributed by atoms with Gasteiger partial charge in [0.15, 0.2) is 0 Å². The Bertz CT molecular complexity index is 2190. The van der Waals surface area contributed by atoms with E-state index < -0.39 is 11.1 Å². The Morgan fingerprint density at radius 1 is 0.981 bits per heavy atom. The molecule has 1 saturated heterocycles. The quantitative estimate of drug-likeness (QED) is 0.0434. The Hall–Kier alpha value is -4.98. The molecule has 4 aromatic carbocycles. The topological polar surface area (TPSA) is 150 Å². The van der Waals surface area contributed by atoms with E-state index in [4.69, 9.17) is 30.5 Å². The predicted molar refractivity (Wildman–Crippen MR) is 197 cm³/mol. The summed E-state index contributed by atoms with van der Waals surface area (Å²) in [6.45, 7) is 3.97. The van der Waals surface area contributed by atoms with Crippen molar-refractivity contribution in [3.63, 3.8) is 0 Å². The van der Waals surface area contributed by atoms with Gasteiger partial charge < -0.3 is 0 Å². The van der Waals surface area contributed by atoms with Gasteiger partial charge in [-0.3, -0.25) is 10.1 Å². The summed E-state index contributed by atoms with van der Waals surface area (Å²) in [6.07, 6.45) is -0.686. The van der Waals surface area contributed by atoms with E-state index in [0.29, 0.717) is 65.1 Å². The maximum atomic E-state index is 14.3. The van der Waals surface area contributed by atoms with E-state index in [1.54, 1.807) is 30.2 Å². The number of anilines is 2. The summed E-state index contributed by atoms with van der Waals surface area (Å²) in [6, 6.07) is 19.6. The Morgan fingerprint density at radius 2 is 1.75 bits per heavy atom. The molecular formula is C37H33ClN4O9Se. The number of nitro groups is 1. The van der Waals surface area contributed by atoms with Crippen LogP contribution in [-0.4, -0.2) is 94.7 Å². The summed E-state index contributed by atoms with van der Waals surface area (Å²) in [5.41, 5.74) is 1.90. The average Bonchev–Trinajstić information content (AvgIpc) is 3.75. The number of nitro benzene ring substituents is 1. The summed E-state index contributed by atoms with van der Waals surface area (Å²) in [4.78, 5) is 54.3. The number of nitrogens with zero attached hydrogens (tertiary/aromatic N) is 3. The normalized spacial score (nSPS) is 15.7. The van der Waals surface area contributed by atoms with Crippen molar-refractivity contribution in [1.29, 1.82) is 0 Å². The molecule has 0 bridgehead atoms. The number of benzene rings is 4. The molecule has 7 rings (SSSR count). The number of carbonyl (C=O) groups is 3. The molecule has 15 heteroatoms. The van der Waals surface area contributed by atoms with Crippen LogP contribution in [0, 0.1) is 10.1 Å². The molecule has 1 aromatic heterocycles. The van der Waals surface area contributed by atoms with E-state index in [9.17, 15) is 24.5 Å². The molecule has 3 heterocycles. The van der Waals surface area contributed by atoms with Crippen LogP contribution in [0.2, 0.25) is 0 Å². The molecule has 13 nitrogen and oxygen atoms in total. The van der Waals surface area contributed by atoms with Gasteiger partial charge in [-0.05, 0) is 0 Å². The molecule has 5 aromatic rings. The fourth-order valence-electron chi connectivity index (χ4n) is 6.48. The van der Waals surface area contributed by atoms with Crippen molar-refractivity contribution in [2.75, 3.05) is 62.6 Å². The Morgan fingerprint density at radius 3 is 2.48 bits per heavy atom. The van der Waals surface area contributed by atoms with E-state index in [0.717, 1.165) is 28.3 Å². The fourth-order valence-corrected chi connectivity index (χ4v) is 8.81. The standard InChI is InChI=1S/C37H33ClN4O9Se/c1-48-27-7-8-28-29(18-27)35-23(20-38)21-41(30(35)19-31(28)51-37(45)50-26-5-3-25(4-6-26)42(46)47)36(44)33-17-22-16-24(2-9-32(22)52-33)39-34(43)10-11-40-12-14-49-15-13-40/h2-9,16-19,23H,10-15,20-21H2,1H3,(H,39,43)/t23-/m1/s1. The summed E-state index contributed by atoms with van der Waals surface area (Å²) in [5.74, 6) is 0.543. The number of methoxy groups -OCH3 is 1. The van der Waals surface area contributed by atoms with Gasteiger partial charge in [-0.25, -0.2) is 0 Å². The molecule has 2 amide bonds. The molecule has 1 fully saturated rings. The van der Waals surface area contributed by atoms with Crippen molar-refractivity contribution in [3.8, 4) is 17.2 Å². The predicted octanol–water partition coefficient (Wildman–Crippen LogP) is 6.19. The van der Waals surface area contributed by atoms with Crippen molar-refractivity contribution in [3.05, 3.63) is 92.9 Å². The molecule has 1 atom stereocenters. The van der Waals surface area contributed by atoms with Crippen LogP contribution in [0.25, 0.3) is 20.4 Å². The summed E-state index contributed by atoms with van der Waals surface area (Å²) < 4.78 is 23.6. The molecule has 2 aliphatic rings. The van der Waals surface area contributed by atoms with E-state index in [1.165, 1.54) is 24.3 Å². The first-order chi connectivity index (χ1) is 25.2. The second kappa shape index (κ2) is 15.3. The minimum absolute atomic E-state index is 0.0624. The molecule has 0 spiro atoms. The van der Waals surface area contributed by atoms with Crippen LogP contribution in [0.4, 0.5) is 21.9 Å². The van der Waals surface area contributed by atoms with Gasteiger partial charge in [0, 0.05) is 0 Å². The molecule has 0 radical (unpaired) electrons. The van der Waals surface area contributed by atoms with Crippen molar-refractivity contribution < 1.29 is 38.3 Å². The van der Waals surface area contributed by atoms with Gasteiger partial charge in [-0.2, -0.15) is 0 Å². The molecule has 52 heavy (non-hydrogen) atoms. The second-order valence-electron chi connectivity index (χ2n) is 12.3. The first-order valence-electron chi connectivity index (χ1n) is 16.5. The van der Waals surface area contributed by atoms with Gasteiger partial charge in [-0.1, -0.05) is 0 Å². The van der Waals surface area contributed by atoms with Crippen molar-refractivity contribution in [2.45, 2.75) is 12.3 Å². The number of rotatable bonds is 10. The third kappa shape index (κ3) is 7.48. The van der Waals surface area contributed by atoms with Crippen LogP contribution >= 0.6 is 11.6 Å². The number of morpholine rings is 1. The Balaban J connectivity index is 1.15. The number of alkyl halides is 1. The molecule has 268 valence electrons. The third-order valence-corrected chi connectivity index (χ3v) is 11.8. The van der Waals surface area contributed by atoms with Gasteiger partial charge in [0.2, 0.25) is 0 Å². The van der Waals surface area contributed by atoms with Crippen LogP contribution in [0.3, 0.4) is 0 Å². The number of hydrogen-bond donors (Lipinski definition) is 1. The Labute approximate surface area is 308 Å². The van der Waals surface area contributed by atoms with Crippen LogP contribution in [-0.2, 0) is 9.53 Å². The number of halogens is 1. The first kappa shape index (κ1) is 35.4. The van der Waals surface area contributed by atoms with Crippen molar-refractivity contribution >= 4 is 81.6 Å². The SMILES string of the molecule is COc1ccc2c(OC(=O)Oc3ccc([N+](=O)[O-])cc3)cc3c(c2c1)[C@H](CCl)CN3C(=O)c1cc2cc(NC(=O)CCN3CCOCC3)ccc2[se]1. The van der Waals surface area contributed by atoms with Crippen LogP contribution in [0.1, 0.15) is 27.1 Å². The van der Waals surface area contributed by atoms with Gasteiger partial charge in [0.25, 0.3) is 5.69 Å². The summed E-state index contributed by atoms with van der Waals surface area (Å²) in [7, 11) is 1.55. The van der Waals surface area contributed by atoms with Gasteiger partial charge >= 0.3 is 289 Å². The number of nitrogens with one attached hydrogen (secondary N) is 1. The molecule has 0 aliphatic carbocycles. The molecule has 2 aliphatic heterocycles. The number of amides is 2. The first-order valence-corrected chi connectivity index (χ1v) is 18.8. The van der Waals surface area contributed by atoms with Crippen molar-refractivity contribution in [1.82, 2.24) is 4.90 Å². The van der Waals surface area contributed by atoms with Crippen LogP contribution in [0.5, 0.6) is 17.2 Å². The molecule has 1 N–H and O–H groups in total. The summed E-state index contributed by atoms with van der Waals surface area (Å²) >= 11 is 6.22. The van der Waals surface area contributed by atoms with Crippen LogP contribution in [0.15, 0.2) is 72.8 Å². The van der Waals surface area contributed by atoms with E-state index in [-0.39, 0.29) is 55.3 Å². The molecule has 0 saturated carbocycles. The molecule has 0 unspecified atom stereocenters. The fraction of sp³-hybridized carbons (Fsp3) is 0.270. The van der Waals surface area contributed by atoms with Crippen LogP contribution < -0.4 is 24.4 Å². The van der Waals surface area contributed by atoms with Gasteiger partial charge in [0.05, 0.1) is 4.92 Å². The van der Waals surface area contributed by atoms with E-state index >= 15 is 0 Å². The van der Waals surface area contributed by atoms with Crippen molar-refractivity contribution in [2.24, 2.45) is 0 Å². The number of fused-ring (bicyclic) bond motifs is 4. The zero-order valence-electron chi connectivity index (χ0n) is 28.0. The second-order valence-corrected chi connectivity index (χ2v) is 14.9. The number of ether oxygens (including phenoxy) is 4. The average molecular weight is 792 g/mol. The summed E-state index contributed by atoms with van der Waals surface area (Å²) in [5, 5.41) is 16.2.